The minimum atomic E-state index is -5.95. The highest BCUT2D eigenvalue weighted by atomic mass is 19.4. The van der Waals surface area contributed by atoms with Crippen LogP contribution in [0.15, 0.2) is 24.3 Å². The van der Waals surface area contributed by atoms with E-state index in [0.29, 0.717) is 6.07 Å². The summed E-state index contributed by atoms with van der Waals surface area (Å²) in [6, 6.07) is 4.05. The molecule has 1 aromatic carbocycles. The first-order valence-electron chi connectivity index (χ1n) is 5.76. The second kappa shape index (κ2) is 4.91. The van der Waals surface area contributed by atoms with E-state index in [1.165, 1.54) is 0 Å². The fraction of sp³-hybridized carbons (Fsp3) is 0.231. The molecule has 2 rings (SSSR count). The van der Waals surface area contributed by atoms with Crippen LogP contribution in [0.25, 0.3) is 5.57 Å². The standard InChI is InChI=1S/C13H5F6NO3/c14-12(15,16)11(13(17,18)19)4-8(10(21)22)7-3-6(5-20)1-2-9(7)23-11/h1-4H,(H,21,22). The summed E-state index contributed by atoms with van der Waals surface area (Å²) >= 11 is 0. The van der Waals surface area contributed by atoms with Crippen LogP contribution in [0.3, 0.4) is 0 Å². The van der Waals surface area contributed by atoms with Gasteiger partial charge in [-0.15, -0.1) is 0 Å². The van der Waals surface area contributed by atoms with E-state index in [4.69, 9.17) is 10.4 Å². The van der Waals surface area contributed by atoms with Gasteiger partial charge in [0.05, 0.1) is 17.2 Å². The molecular weight excluding hydrogens is 332 g/mol. The van der Waals surface area contributed by atoms with Crippen LogP contribution >= 0.6 is 0 Å². The Morgan fingerprint density at radius 1 is 1.17 bits per heavy atom. The fourth-order valence-electron chi connectivity index (χ4n) is 2.00. The number of carboxylic acids is 1. The number of nitriles is 1. The molecule has 0 amide bonds. The van der Waals surface area contributed by atoms with Gasteiger partial charge in [0.15, 0.2) is 0 Å². The van der Waals surface area contributed by atoms with E-state index >= 15 is 0 Å². The lowest BCUT2D eigenvalue weighted by Gasteiger charge is -2.38. The maximum atomic E-state index is 13.0. The molecule has 10 heteroatoms. The third-order valence-corrected chi connectivity index (χ3v) is 3.09. The largest absolute Gasteiger partial charge is 0.478 e. The van der Waals surface area contributed by atoms with Crippen molar-refractivity contribution < 1.29 is 41.0 Å². The van der Waals surface area contributed by atoms with Crippen LogP contribution in [0.2, 0.25) is 0 Å². The Morgan fingerprint density at radius 2 is 1.74 bits per heavy atom. The summed E-state index contributed by atoms with van der Waals surface area (Å²) in [5.74, 6) is -2.94. The molecule has 1 aliphatic heterocycles. The predicted octanol–water partition coefficient (Wildman–Crippen LogP) is 3.28. The number of carboxylic acid groups (broad SMARTS) is 1. The zero-order valence-corrected chi connectivity index (χ0v) is 10.8. The fourth-order valence-corrected chi connectivity index (χ4v) is 2.00. The van der Waals surface area contributed by atoms with Gasteiger partial charge >= 0.3 is 23.9 Å². The average molecular weight is 337 g/mol. The summed E-state index contributed by atoms with van der Waals surface area (Å²) in [6.07, 6.45) is -12.4. The minimum absolute atomic E-state index is 0.147. The van der Waals surface area contributed by atoms with Crippen LogP contribution < -0.4 is 4.74 Å². The van der Waals surface area contributed by atoms with Gasteiger partial charge in [-0.3, -0.25) is 0 Å². The molecule has 122 valence electrons. The minimum Gasteiger partial charge on any atom is -0.478 e. The first kappa shape index (κ1) is 16.7. The second-order valence-electron chi connectivity index (χ2n) is 4.52. The van der Waals surface area contributed by atoms with Crippen LogP contribution in [0, 0.1) is 11.3 Å². The normalized spacial score (nSPS) is 16.7. The van der Waals surface area contributed by atoms with Gasteiger partial charge in [0.2, 0.25) is 0 Å². The van der Waals surface area contributed by atoms with Crippen molar-refractivity contribution in [2.45, 2.75) is 18.0 Å². The maximum Gasteiger partial charge on any atom is 0.441 e. The van der Waals surface area contributed by atoms with Crippen molar-refractivity contribution >= 4 is 11.5 Å². The van der Waals surface area contributed by atoms with Crippen molar-refractivity contribution in [1.29, 1.82) is 5.26 Å². The van der Waals surface area contributed by atoms with Crippen LogP contribution in [0.4, 0.5) is 26.3 Å². The number of halogens is 6. The molecule has 0 aromatic heterocycles. The van der Waals surface area contributed by atoms with Crippen molar-refractivity contribution in [1.82, 2.24) is 0 Å². The van der Waals surface area contributed by atoms with Gasteiger partial charge in [0.1, 0.15) is 5.75 Å². The molecule has 4 nitrogen and oxygen atoms in total. The lowest BCUT2D eigenvalue weighted by molar-refractivity contribution is -0.338. The third kappa shape index (κ3) is 2.48. The number of ether oxygens (including phenoxy) is 1. The summed E-state index contributed by atoms with van der Waals surface area (Å²) in [7, 11) is 0. The molecule has 1 heterocycles. The monoisotopic (exact) mass is 337 g/mol. The molecule has 23 heavy (non-hydrogen) atoms. The summed E-state index contributed by atoms with van der Waals surface area (Å²) in [5, 5.41) is 17.7. The van der Waals surface area contributed by atoms with E-state index in [9.17, 15) is 31.1 Å². The number of hydrogen-bond acceptors (Lipinski definition) is 3. The molecule has 1 N–H and O–H groups in total. The predicted molar refractivity (Wildman–Crippen MR) is 62.2 cm³/mol. The Balaban J connectivity index is 2.81. The van der Waals surface area contributed by atoms with Gasteiger partial charge in [-0.1, -0.05) is 0 Å². The van der Waals surface area contributed by atoms with Gasteiger partial charge in [0.25, 0.3) is 0 Å². The molecule has 0 spiro atoms. The zero-order valence-electron chi connectivity index (χ0n) is 10.8. The van der Waals surface area contributed by atoms with Crippen molar-refractivity contribution in [3.63, 3.8) is 0 Å². The molecule has 1 aliphatic rings. The van der Waals surface area contributed by atoms with Crippen molar-refractivity contribution in [3.05, 3.63) is 35.4 Å². The molecule has 0 saturated carbocycles. The van der Waals surface area contributed by atoms with Crippen LogP contribution in [-0.4, -0.2) is 29.0 Å². The topological polar surface area (TPSA) is 70.3 Å². The third-order valence-electron chi connectivity index (χ3n) is 3.09. The maximum absolute atomic E-state index is 13.0. The molecule has 0 radical (unpaired) electrons. The molecule has 0 fully saturated rings. The number of rotatable bonds is 1. The van der Waals surface area contributed by atoms with E-state index in [2.05, 4.69) is 4.74 Å². The quantitative estimate of drug-likeness (QED) is 0.799. The van der Waals surface area contributed by atoms with Crippen molar-refractivity contribution in [3.8, 4) is 11.8 Å². The Bertz CT molecular complexity index is 728. The zero-order chi connectivity index (χ0) is 17.6. The smallest absolute Gasteiger partial charge is 0.441 e. The van der Waals surface area contributed by atoms with Crippen molar-refractivity contribution in [2.75, 3.05) is 0 Å². The molecule has 0 saturated heterocycles. The van der Waals surface area contributed by atoms with Crippen LogP contribution in [0.5, 0.6) is 5.75 Å². The molecule has 0 aliphatic carbocycles. The van der Waals surface area contributed by atoms with Gasteiger partial charge in [-0.2, -0.15) is 31.6 Å². The molecule has 1 aromatic rings. The van der Waals surface area contributed by atoms with Gasteiger partial charge in [-0.25, -0.2) is 4.79 Å². The summed E-state index contributed by atoms with van der Waals surface area (Å²) in [5.41, 5.74) is -6.72. The van der Waals surface area contributed by atoms with E-state index in [0.717, 1.165) is 12.1 Å². The van der Waals surface area contributed by atoms with Gasteiger partial charge in [0, 0.05) is 5.56 Å². The highest BCUT2D eigenvalue weighted by Crippen LogP contribution is 2.51. The van der Waals surface area contributed by atoms with Crippen LogP contribution in [-0.2, 0) is 4.79 Å². The number of nitrogens with zero attached hydrogens (tertiary/aromatic N) is 1. The Hall–Kier alpha value is -2.70. The second-order valence-corrected chi connectivity index (χ2v) is 4.52. The highest BCUT2D eigenvalue weighted by Gasteiger charge is 2.73. The first-order valence-corrected chi connectivity index (χ1v) is 5.76. The van der Waals surface area contributed by atoms with E-state index in [1.54, 1.807) is 6.07 Å². The molecule has 0 unspecified atom stereocenters. The SMILES string of the molecule is N#Cc1ccc2c(c1)C(C(=O)O)=CC(C(F)(F)F)(C(F)(F)F)O2. The van der Waals surface area contributed by atoms with E-state index in [-0.39, 0.29) is 5.56 Å². The van der Waals surface area contributed by atoms with Gasteiger partial charge < -0.3 is 9.84 Å². The summed E-state index contributed by atoms with van der Waals surface area (Å²) < 4.78 is 82.3. The Labute approximate surface area is 124 Å². The Morgan fingerprint density at radius 3 is 2.17 bits per heavy atom. The van der Waals surface area contributed by atoms with E-state index < -0.39 is 46.9 Å². The number of hydrogen-bond donors (Lipinski definition) is 1. The number of aliphatic carboxylic acids is 1. The van der Waals surface area contributed by atoms with Crippen molar-refractivity contribution in [2.24, 2.45) is 0 Å². The average Bonchev–Trinajstić information content (AvgIpc) is 2.42. The number of carbonyl (C=O) groups is 1. The first-order chi connectivity index (χ1) is 10.4. The van der Waals surface area contributed by atoms with Crippen LogP contribution in [0.1, 0.15) is 11.1 Å². The molecular formula is C13H5F6NO3. The molecule has 0 bridgehead atoms. The molecule has 0 atom stereocenters. The lowest BCUT2D eigenvalue weighted by atomic mass is 9.90. The number of benzene rings is 1. The number of fused-ring (bicyclic) bond motifs is 1. The lowest BCUT2D eigenvalue weighted by Crippen LogP contribution is -2.60. The number of alkyl halides is 6. The Kier molecular flexibility index (Phi) is 3.55. The van der Waals surface area contributed by atoms with E-state index in [1.807, 2.05) is 0 Å². The summed E-state index contributed by atoms with van der Waals surface area (Å²) in [6.45, 7) is 0. The summed E-state index contributed by atoms with van der Waals surface area (Å²) in [4.78, 5) is 11.1. The highest BCUT2D eigenvalue weighted by molar-refractivity contribution is 6.17. The van der Waals surface area contributed by atoms with Gasteiger partial charge in [-0.05, 0) is 24.3 Å².